The Bertz CT molecular complexity index is 1040. The van der Waals surface area contributed by atoms with Gasteiger partial charge in [0.1, 0.15) is 23.2 Å². The summed E-state index contributed by atoms with van der Waals surface area (Å²) in [5.74, 6) is 3.63. The van der Waals surface area contributed by atoms with Crippen LogP contribution in [0.3, 0.4) is 0 Å². The van der Waals surface area contributed by atoms with Gasteiger partial charge in [0.15, 0.2) is 0 Å². The molecule has 4 nitrogen and oxygen atoms in total. The van der Waals surface area contributed by atoms with E-state index in [1.807, 2.05) is 59.9 Å². The van der Waals surface area contributed by atoms with E-state index in [0.717, 1.165) is 22.2 Å². The summed E-state index contributed by atoms with van der Waals surface area (Å²) in [4.78, 5) is 8.61. The lowest BCUT2D eigenvalue weighted by atomic mass is 10.2. The van der Waals surface area contributed by atoms with Crippen molar-refractivity contribution in [3.05, 3.63) is 60.4 Å². The fourth-order valence-electron chi connectivity index (χ4n) is 2.93. The van der Waals surface area contributed by atoms with Gasteiger partial charge in [-0.05, 0) is 29.8 Å². The second kappa shape index (κ2) is 6.28. The van der Waals surface area contributed by atoms with Crippen LogP contribution in [-0.4, -0.2) is 21.5 Å². The van der Waals surface area contributed by atoms with Crippen molar-refractivity contribution in [3.63, 3.8) is 0 Å². The van der Waals surface area contributed by atoms with E-state index in [0.29, 0.717) is 16.0 Å². The van der Waals surface area contributed by atoms with Crippen LogP contribution in [0.1, 0.15) is 10.1 Å². The topological polar surface area (TPSA) is 48.2 Å². The average Bonchev–Trinajstić information content (AvgIpc) is 3.31. The number of para-hydroxylation sites is 1. The first-order valence-corrected chi connectivity index (χ1v) is 10.1. The summed E-state index contributed by atoms with van der Waals surface area (Å²) >= 11 is 3.99. The number of hydrogen-bond donors (Lipinski definition) is 0. The van der Waals surface area contributed by atoms with Crippen LogP contribution in [-0.2, 0) is 0 Å². The van der Waals surface area contributed by atoms with Crippen molar-refractivity contribution in [2.75, 3.05) is 11.5 Å². The minimum Gasteiger partial charge on any atom is -0.449 e. The van der Waals surface area contributed by atoms with Gasteiger partial charge < -0.3 is 9.15 Å². The number of nitrogens with zero attached hydrogens (tertiary/aromatic N) is 2. The molecule has 25 heavy (non-hydrogen) atoms. The van der Waals surface area contributed by atoms with Crippen molar-refractivity contribution in [3.8, 4) is 11.6 Å². The Morgan fingerprint density at radius 1 is 0.960 bits per heavy atom. The van der Waals surface area contributed by atoms with E-state index in [9.17, 15) is 0 Å². The summed E-state index contributed by atoms with van der Waals surface area (Å²) in [6.07, 6.45) is 1.51. The molecule has 0 spiro atoms. The van der Waals surface area contributed by atoms with E-state index >= 15 is 0 Å². The molecular weight excluding hydrogens is 352 g/mol. The van der Waals surface area contributed by atoms with Crippen LogP contribution in [0.4, 0.5) is 0 Å². The van der Waals surface area contributed by atoms with Crippen LogP contribution in [0.2, 0.25) is 0 Å². The number of hydrogen-bond acceptors (Lipinski definition) is 6. The van der Waals surface area contributed by atoms with Crippen LogP contribution in [0, 0.1) is 0 Å². The molecule has 0 saturated carbocycles. The first-order valence-electron chi connectivity index (χ1n) is 8.02. The average molecular weight is 366 g/mol. The zero-order chi connectivity index (χ0) is 16.6. The summed E-state index contributed by atoms with van der Waals surface area (Å²) < 4.78 is 12.4. The molecule has 1 aliphatic rings. The minimum atomic E-state index is 0.443. The fourth-order valence-corrected chi connectivity index (χ4v) is 5.79. The van der Waals surface area contributed by atoms with E-state index in [2.05, 4.69) is 22.1 Å². The maximum atomic E-state index is 5.98. The van der Waals surface area contributed by atoms with E-state index in [4.69, 9.17) is 9.15 Å². The molecule has 0 unspecified atom stereocenters. The number of thioether (sulfide) groups is 2. The van der Waals surface area contributed by atoms with Crippen molar-refractivity contribution < 1.29 is 9.15 Å². The first kappa shape index (κ1) is 15.1. The quantitative estimate of drug-likeness (QED) is 0.467. The summed E-state index contributed by atoms with van der Waals surface area (Å²) in [5.41, 5.74) is 3.47. The molecule has 3 heterocycles. The molecule has 0 radical (unpaired) electrons. The number of furan rings is 1. The molecular formula is C19H14N2O2S2. The number of rotatable bonds is 3. The highest BCUT2D eigenvalue weighted by atomic mass is 32.2. The zero-order valence-electron chi connectivity index (χ0n) is 13.2. The van der Waals surface area contributed by atoms with Gasteiger partial charge in [-0.1, -0.05) is 24.3 Å². The Morgan fingerprint density at radius 2 is 1.76 bits per heavy atom. The molecule has 1 saturated heterocycles. The molecule has 2 aromatic heterocycles. The molecule has 1 aliphatic heterocycles. The van der Waals surface area contributed by atoms with Crippen molar-refractivity contribution >= 4 is 45.6 Å². The molecule has 1 fully saturated rings. The van der Waals surface area contributed by atoms with Crippen molar-refractivity contribution in [1.82, 2.24) is 9.97 Å². The van der Waals surface area contributed by atoms with Crippen molar-refractivity contribution in [2.45, 2.75) is 4.58 Å². The molecule has 0 bridgehead atoms. The van der Waals surface area contributed by atoms with Crippen LogP contribution in [0.25, 0.3) is 22.1 Å². The molecule has 6 heteroatoms. The Hall–Kier alpha value is -2.18. The third kappa shape index (κ3) is 2.75. The summed E-state index contributed by atoms with van der Waals surface area (Å²) in [7, 11) is 0. The number of aromatic nitrogens is 2. The van der Waals surface area contributed by atoms with Crippen LogP contribution >= 0.6 is 23.5 Å². The SMILES string of the molecule is c1ccc2c(c1)oc1c(Oc3ccc(C4SCCS4)cc3)ncnc12. The van der Waals surface area contributed by atoms with Gasteiger partial charge in [-0.25, -0.2) is 4.98 Å². The second-order valence-corrected chi connectivity index (χ2v) is 8.42. The van der Waals surface area contributed by atoms with Gasteiger partial charge in [0, 0.05) is 16.9 Å². The van der Waals surface area contributed by atoms with E-state index < -0.39 is 0 Å². The highest BCUT2D eigenvalue weighted by molar-refractivity contribution is 8.19. The normalized spacial score (nSPS) is 15.2. The minimum absolute atomic E-state index is 0.443. The number of benzene rings is 2. The van der Waals surface area contributed by atoms with Gasteiger partial charge in [-0.3, -0.25) is 0 Å². The standard InChI is InChI=1S/C19H14N2O2S2/c1-2-4-15-14(3-1)16-17(23-15)18(21-11-20-16)22-13-7-5-12(6-8-13)19-24-9-10-25-19/h1-8,11,19H,9-10H2. The second-order valence-electron chi connectivity index (χ2n) is 5.70. The highest BCUT2D eigenvalue weighted by Crippen LogP contribution is 2.45. The first-order chi connectivity index (χ1) is 12.4. The number of fused-ring (bicyclic) bond motifs is 3. The third-order valence-corrected chi connectivity index (χ3v) is 7.22. The molecule has 124 valence electrons. The molecule has 4 aromatic rings. The van der Waals surface area contributed by atoms with Gasteiger partial charge >= 0.3 is 0 Å². The largest absolute Gasteiger partial charge is 0.449 e. The van der Waals surface area contributed by atoms with Crippen LogP contribution in [0.15, 0.2) is 59.3 Å². The maximum absolute atomic E-state index is 5.98. The zero-order valence-corrected chi connectivity index (χ0v) is 14.8. The van der Waals surface area contributed by atoms with Crippen LogP contribution < -0.4 is 4.74 Å². The van der Waals surface area contributed by atoms with Gasteiger partial charge in [0.25, 0.3) is 5.88 Å². The Kier molecular flexibility index (Phi) is 3.79. The summed E-state index contributed by atoms with van der Waals surface area (Å²) in [6.45, 7) is 0. The van der Waals surface area contributed by atoms with Gasteiger partial charge in [0.2, 0.25) is 5.58 Å². The van der Waals surface area contributed by atoms with Gasteiger partial charge in [-0.2, -0.15) is 4.98 Å². The third-order valence-electron chi connectivity index (χ3n) is 4.11. The Morgan fingerprint density at radius 3 is 2.60 bits per heavy atom. The molecule has 2 aromatic carbocycles. The van der Waals surface area contributed by atoms with Gasteiger partial charge in [0.05, 0.1) is 4.58 Å². The lowest BCUT2D eigenvalue weighted by Crippen LogP contribution is -1.91. The fraction of sp³-hybridized carbons (Fsp3) is 0.158. The molecule has 0 amide bonds. The van der Waals surface area contributed by atoms with E-state index in [1.165, 1.54) is 23.4 Å². The van der Waals surface area contributed by atoms with E-state index in [1.54, 1.807) is 0 Å². The highest BCUT2D eigenvalue weighted by Gasteiger charge is 2.18. The maximum Gasteiger partial charge on any atom is 0.267 e. The molecule has 0 atom stereocenters. The molecule has 5 rings (SSSR count). The van der Waals surface area contributed by atoms with Gasteiger partial charge in [-0.15, -0.1) is 23.5 Å². The molecule has 0 aliphatic carbocycles. The summed E-state index contributed by atoms with van der Waals surface area (Å²) in [5, 5.41) is 0.968. The lowest BCUT2D eigenvalue weighted by molar-refractivity contribution is 0.456. The predicted octanol–water partition coefficient (Wildman–Crippen LogP) is 5.65. The molecule has 0 N–H and O–H groups in total. The Balaban J connectivity index is 1.49. The van der Waals surface area contributed by atoms with Crippen LogP contribution in [0.5, 0.6) is 11.6 Å². The van der Waals surface area contributed by atoms with Crippen molar-refractivity contribution in [2.24, 2.45) is 0 Å². The predicted molar refractivity (Wildman–Crippen MR) is 103 cm³/mol. The smallest absolute Gasteiger partial charge is 0.267 e. The van der Waals surface area contributed by atoms with Crippen molar-refractivity contribution in [1.29, 1.82) is 0 Å². The van der Waals surface area contributed by atoms with E-state index in [-0.39, 0.29) is 0 Å². The lowest BCUT2D eigenvalue weighted by Gasteiger charge is -2.09. The number of ether oxygens (including phenoxy) is 1. The Labute approximate surface area is 153 Å². The summed E-state index contributed by atoms with van der Waals surface area (Å²) in [6, 6.07) is 16.1. The monoisotopic (exact) mass is 366 g/mol.